The zero-order valence-electron chi connectivity index (χ0n) is 14.9. The van der Waals surface area contributed by atoms with E-state index < -0.39 is 6.10 Å². The molecule has 0 fully saturated rings. The first kappa shape index (κ1) is 17.1. The molecule has 0 aromatic heterocycles. The van der Waals surface area contributed by atoms with E-state index in [0.29, 0.717) is 24.6 Å². The first-order chi connectivity index (χ1) is 12.1. The van der Waals surface area contributed by atoms with Crippen molar-refractivity contribution in [1.82, 2.24) is 4.90 Å². The van der Waals surface area contributed by atoms with Gasteiger partial charge >= 0.3 is 0 Å². The van der Waals surface area contributed by atoms with Crippen molar-refractivity contribution in [2.75, 3.05) is 32.1 Å². The number of anilines is 1. The van der Waals surface area contributed by atoms with Gasteiger partial charge in [-0.25, -0.2) is 0 Å². The first-order valence-electron chi connectivity index (χ1n) is 8.52. The second kappa shape index (κ2) is 7.47. The molecule has 2 aromatic carbocycles. The van der Waals surface area contributed by atoms with Crippen molar-refractivity contribution in [2.24, 2.45) is 0 Å². The number of benzene rings is 2. The summed E-state index contributed by atoms with van der Waals surface area (Å²) in [5.41, 5.74) is 2.23. The van der Waals surface area contributed by atoms with Gasteiger partial charge in [0.15, 0.2) is 11.5 Å². The molecule has 0 saturated carbocycles. The van der Waals surface area contributed by atoms with E-state index in [1.54, 1.807) is 4.90 Å². The van der Waals surface area contributed by atoms with E-state index in [1.807, 2.05) is 45.3 Å². The maximum absolute atomic E-state index is 12.8. The third-order valence-electron chi connectivity index (χ3n) is 4.30. The molecule has 0 N–H and O–H groups in total. The van der Waals surface area contributed by atoms with Crippen molar-refractivity contribution in [1.29, 1.82) is 0 Å². The molecule has 0 saturated heterocycles. The number of carbonyl (C=O) groups is 1. The fraction of sp³-hybridized carbons (Fsp3) is 0.350. The van der Waals surface area contributed by atoms with Crippen molar-refractivity contribution in [2.45, 2.75) is 19.6 Å². The Morgan fingerprint density at radius 2 is 1.76 bits per heavy atom. The minimum atomic E-state index is -0.601. The van der Waals surface area contributed by atoms with Crippen LogP contribution in [0.3, 0.4) is 0 Å². The van der Waals surface area contributed by atoms with Gasteiger partial charge in [0.25, 0.3) is 5.91 Å². The Balaban J connectivity index is 1.67. The Kier molecular flexibility index (Phi) is 5.12. The predicted octanol–water partition coefficient (Wildman–Crippen LogP) is 2.94. The van der Waals surface area contributed by atoms with Crippen LogP contribution in [0.2, 0.25) is 0 Å². The smallest absolute Gasteiger partial charge is 0.267 e. The largest absolute Gasteiger partial charge is 0.485 e. The van der Waals surface area contributed by atoms with Crippen LogP contribution in [0.25, 0.3) is 0 Å². The molecule has 1 unspecified atom stereocenters. The summed E-state index contributed by atoms with van der Waals surface area (Å²) in [5.74, 6) is 1.26. The third kappa shape index (κ3) is 3.87. The monoisotopic (exact) mass is 340 g/mol. The molecule has 5 nitrogen and oxygen atoms in total. The molecule has 3 rings (SSSR count). The second-order valence-corrected chi connectivity index (χ2v) is 6.28. The lowest BCUT2D eigenvalue weighted by atomic mass is 10.1. The zero-order chi connectivity index (χ0) is 17.8. The second-order valence-electron chi connectivity index (χ2n) is 6.28. The molecule has 0 aliphatic carbocycles. The molecular formula is C20H24N2O3. The van der Waals surface area contributed by atoms with Crippen molar-refractivity contribution < 1.29 is 14.3 Å². The first-order valence-corrected chi connectivity index (χ1v) is 8.52. The minimum Gasteiger partial charge on any atom is -0.485 e. The van der Waals surface area contributed by atoms with Crippen LogP contribution >= 0.6 is 0 Å². The highest BCUT2D eigenvalue weighted by atomic mass is 16.6. The van der Waals surface area contributed by atoms with Gasteiger partial charge < -0.3 is 19.3 Å². The van der Waals surface area contributed by atoms with Gasteiger partial charge in [-0.1, -0.05) is 24.3 Å². The van der Waals surface area contributed by atoms with E-state index >= 15 is 0 Å². The van der Waals surface area contributed by atoms with Gasteiger partial charge in [0.2, 0.25) is 6.10 Å². The molecule has 0 spiro atoms. The summed E-state index contributed by atoms with van der Waals surface area (Å²) in [6, 6.07) is 15.7. The number of para-hydroxylation sites is 2. The molecule has 0 bridgehead atoms. The molecule has 1 heterocycles. The summed E-state index contributed by atoms with van der Waals surface area (Å²) in [5, 5.41) is 0. The van der Waals surface area contributed by atoms with Crippen LogP contribution < -0.4 is 14.4 Å². The van der Waals surface area contributed by atoms with Gasteiger partial charge in [-0.05, 0) is 36.8 Å². The molecule has 2 aromatic rings. The summed E-state index contributed by atoms with van der Waals surface area (Å²) < 4.78 is 11.5. The Hall–Kier alpha value is -2.69. The van der Waals surface area contributed by atoms with Crippen LogP contribution in [-0.4, -0.2) is 44.2 Å². The summed E-state index contributed by atoms with van der Waals surface area (Å²) in [4.78, 5) is 16.7. The predicted molar refractivity (Wildman–Crippen MR) is 98.2 cm³/mol. The van der Waals surface area contributed by atoms with E-state index in [4.69, 9.17) is 9.47 Å². The molecule has 132 valence electrons. The Morgan fingerprint density at radius 1 is 1.08 bits per heavy atom. The lowest BCUT2D eigenvalue weighted by Crippen LogP contribution is -2.46. The highest BCUT2D eigenvalue weighted by molar-refractivity contribution is 5.82. The van der Waals surface area contributed by atoms with Crippen LogP contribution in [0.15, 0.2) is 48.5 Å². The zero-order valence-corrected chi connectivity index (χ0v) is 14.9. The van der Waals surface area contributed by atoms with Crippen LogP contribution in [0.1, 0.15) is 12.5 Å². The molecule has 1 amide bonds. The quantitative estimate of drug-likeness (QED) is 0.839. The van der Waals surface area contributed by atoms with Crippen LogP contribution in [0, 0.1) is 0 Å². The van der Waals surface area contributed by atoms with E-state index in [9.17, 15) is 4.79 Å². The molecule has 5 heteroatoms. The number of fused-ring (bicyclic) bond motifs is 1. The number of hydrogen-bond donors (Lipinski definition) is 0. The number of likely N-dealkylation sites (N-methyl/N-ethyl adjacent to an activating group) is 1. The highest BCUT2D eigenvalue weighted by Gasteiger charge is 2.30. The van der Waals surface area contributed by atoms with Crippen molar-refractivity contribution in [3.05, 3.63) is 54.1 Å². The standard InChI is InChI=1S/C20H24N2O3/c1-4-22(13-15-9-11-16(12-10-15)21(2)3)20(23)19-14-24-17-7-5-6-8-18(17)25-19/h5-12,19H,4,13-14H2,1-3H3. The summed E-state index contributed by atoms with van der Waals surface area (Å²) in [7, 11) is 4.02. The number of nitrogens with zero attached hydrogens (tertiary/aromatic N) is 2. The normalized spacial score (nSPS) is 15.6. The SMILES string of the molecule is CCN(Cc1ccc(N(C)C)cc1)C(=O)C1COc2ccccc2O1. The summed E-state index contributed by atoms with van der Waals surface area (Å²) in [6.45, 7) is 3.40. The molecule has 25 heavy (non-hydrogen) atoms. The Labute approximate surface area is 148 Å². The van der Waals surface area contributed by atoms with Gasteiger partial charge in [-0.2, -0.15) is 0 Å². The number of ether oxygens (including phenoxy) is 2. The number of rotatable bonds is 5. The van der Waals surface area contributed by atoms with Crippen LogP contribution in [0.5, 0.6) is 11.5 Å². The maximum atomic E-state index is 12.8. The topological polar surface area (TPSA) is 42.0 Å². The van der Waals surface area contributed by atoms with E-state index in [1.165, 1.54) is 0 Å². The van der Waals surface area contributed by atoms with Gasteiger partial charge in [0.05, 0.1) is 0 Å². The maximum Gasteiger partial charge on any atom is 0.267 e. The van der Waals surface area contributed by atoms with Gasteiger partial charge in [0.1, 0.15) is 6.61 Å². The Bertz CT molecular complexity index is 728. The average Bonchev–Trinajstić information content (AvgIpc) is 2.65. The van der Waals surface area contributed by atoms with Crippen LogP contribution in [-0.2, 0) is 11.3 Å². The lowest BCUT2D eigenvalue weighted by Gasteiger charge is -2.30. The van der Waals surface area contributed by atoms with Gasteiger partial charge in [-0.15, -0.1) is 0 Å². The molecule has 0 radical (unpaired) electrons. The minimum absolute atomic E-state index is 0.0475. The third-order valence-corrected chi connectivity index (χ3v) is 4.30. The van der Waals surface area contributed by atoms with Gasteiger partial charge in [0, 0.05) is 32.9 Å². The summed E-state index contributed by atoms with van der Waals surface area (Å²) in [6.07, 6.45) is -0.601. The average molecular weight is 340 g/mol. The summed E-state index contributed by atoms with van der Waals surface area (Å²) >= 11 is 0. The van der Waals surface area contributed by atoms with Crippen LogP contribution in [0.4, 0.5) is 5.69 Å². The van der Waals surface area contributed by atoms with Crippen molar-refractivity contribution >= 4 is 11.6 Å². The molecule has 1 atom stereocenters. The number of amides is 1. The fourth-order valence-electron chi connectivity index (χ4n) is 2.81. The van der Waals surface area contributed by atoms with Crippen molar-refractivity contribution in [3.8, 4) is 11.5 Å². The highest BCUT2D eigenvalue weighted by Crippen LogP contribution is 2.31. The fourth-order valence-corrected chi connectivity index (χ4v) is 2.81. The Morgan fingerprint density at radius 3 is 2.40 bits per heavy atom. The van der Waals surface area contributed by atoms with Gasteiger partial charge in [-0.3, -0.25) is 4.79 Å². The lowest BCUT2D eigenvalue weighted by molar-refractivity contribution is -0.141. The van der Waals surface area contributed by atoms with E-state index in [-0.39, 0.29) is 12.5 Å². The van der Waals surface area contributed by atoms with E-state index in [0.717, 1.165) is 11.3 Å². The molecule has 1 aliphatic rings. The number of carbonyl (C=O) groups excluding carboxylic acids is 1. The van der Waals surface area contributed by atoms with E-state index in [2.05, 4.69) is 29.2 Å². The number of hydrogen-bond acceptors (Lipinski definition) is 4. The molecule has 1 aliphatic heterocycles. The molecular weight excluding hydrogens is 316 g/mol. The van der Waals surface area contributed by atoms with Crippen molar-refractivity contribution in [3.63, 3.8) is 0 Å².